The molecule has 2 heterocycles. The number of benzene rings is 1. The van der Waals surface area contributed by atoms with Crippen LogP contribution in [0, 0.1) is 12.3 Å². The van der Waals surface area contributed by atoms with Crippen molar-refractivity contribution in [1.29, 1.82) is 0 Å². The maximum atomic E-state index is 12.8. The van der Waals surface area contributed by atoms with Gasteiger partial charge < -0.3 is 15.0 Å². The number of aryl methyl sites for hydroxylation is 1. The molecule has 4 nitrogen and oxygen atoms in total. The molecule has 22 heavy (non-hydrogen) atoms. The van der Waals surface area contributed by atoms with Gasteiger partial charge in [0, 0.05) is 41.4 Å². The van der Waals surface area contributed by atoms with E-state index in [0.717, 1.165) is 27.7 Å². The van der Waals surface area contributed by atoms with Crippen molar-refractivity contribution in [1.82, 2.24) is 4.98 Å². The smallest absolute Gasteiger partial charge is 0.232 e. The van der Waals surface area contributed by atoms with Gasteiger partial charge in [-0.1, -0.05) is 20.8 Å². The van der Waals surface area contributed by atoms with Gasteiger partial charge in [-0.25, -0.2) is 0 Å². The van der Waals surface area contributed by atoms with E-state index < -0.39 is 5.41 Å². The number of aromatic nitrogens is 1. The van der Waals surface area contributed by atoms with Gasteiger partial charge in [0.15, 0.2) is 0 Å². The molecular formula is C17H21ClN2O2. The Morgan fingerprint density at radius 1 is 1.50 bits per heavy atom. The van der Waals surface area contributed by atoms with Crippen molar-refractivity contribution in [2.24, 2.45) is 5.41 Å². The Balaban J connectivity index is 2.26. The number of H-pyrrole nitrogens is 1. The average Bonchev–Trinajstić information content (AvgIpc) is 2.98. The van der Waals surface area contributed by atoms with Crippen molar-refractivity contribution in [2.45, 2.75) is 33.6 Å². The second-order valence-corrected chi connectivity index (χ2v) is 7.38. The molecule has 1 aromatic carbocycles. The average molecular weight is 321 g/mol. The first-order valence-electron chi connectivity index (χ1n) is 7.47. The molecule has 1 amide bonds. The summed E-state index contributed by atoms with van der Waals surface area (Å²) in [4.78, 5) is 17.6. The van der Waals surface area contributed by atoms with E-state index in [-0.39, 0.29) is 17.6 Å². The highest BCUT2D eigenvalue weighted by Crippen LogP contribution is 2.46. The van der Waals surface area contributed by atoms with E-state index in [1.807, 2.05) is 33.9 Å². The van der Waals surface area contributed by atoms with Crippen molar-refractivity contribution in [3.05, 3.63) is 23.4 Å². The highest BCUT2D eigenvalue weighted by molar-refractivity contribution is 6.19. The van der Waals surface area contributed by atoms with E-state index in [1.54, 1.807) is 11.0 Å². The van der Waals surface area contributed by atoms with Crippen LogP contribution in [0.5, 0.6) is 5.75 Å². The Hall–Kier alpha value is -1.68. The van der Waals surface area contributed by atoms with Crippen molar-refractivity contribution in [3.63, 3.8) is 0 Å². The molecular weight excluding hydrogens is 300 g/mol. The number of rotatable bonds is 1. The quantitative estimate of drug-likeness (QED) is 0.783. The summed E-state index contributed by atoms with van der Waals surface area (Å²) in [6.07, 6.45) is 1.88. The number of hydrogen-bond donors (Lipinski definition) is 2. The number of aromatic hydroxyl groups is 1. The Labute approximate surface area is 135 Å². The van der Waals surface area contributed by atoms with Crippen LogP contribution in [0.15, 0.2) is 12.3 Å². The summed E-state index contributed by atoms with van der Waals surface area (Å²) < 4.78 is 0. The van der Waals surface area contributed by atoms with Gasteiger partial charge in [-0.15, -0.1) is 11.6 Å². The van der Waals surface area contributed by atoms with Crippen molar-refractivity contribution < 1.29 is 9.90 Å². The van der Waals surface area contributed by atoms with Crippen LogP contribution in [0.2, 0.25) is 0 Å². The molecule has 0 saturated carbocycles. The molecule has 0 saturated heterocycles. The summed E-state index contributed by atoms with van der Waals surface area (Å²) in [7, 11) is 0. The number of fused-ring (bicyclic) bond motifs is 3. The second kappa shape index (κ2) is 4.92. The normalized spacial score (nSPS) is 18.0. The molecule has 1 aromatic heterocycles. The fourth-order valence-electron chi connectivity index (χ4n) is 3.25. The molecule has 0 fully saturated rings. The van der Waals surface area contributed by atoms with E-state index >= 15 is 0 Å². The van der Waals surface area contributed by atoms with Crippen LogP contribution in [0.4, 0.5) is 5.69 Å². The number of amides is 1. The number of anilines is 1. The third-order valence-corrected chi connectivity index (χ3v) is 4.70. The molecule has 1 aliphatic heterocycles. The van der Waals surface area contributed by atoms with Crippen LogP contribution in [0.3, 0.4) is 0 Å². The van der Waals surface area contributed by atoms with Crippen LogP contribution in [0.25, 0.3) is 10.9 Å². The Bertz CT molecular complexity index is 758. The lowest BCUT2D eigenvalue weighted by atomic mass is 9.94. The third kappa shape index (κ3) is 2.09. The SMILES string of the molecule is Cc1c[nH]c2c(O)cc3c(c12)C(CCl)CN3C(=O)C(C)(C)C. The molecule has 3 rings (SSSR count). The highest BCUT2D eigenvalue weighted by Gasteiger charge is 2.38. The number of aromatic amines is 1. The van der Waals surface area contributed by atoms with Crippen LogP contribution < -0.4 is 4.90 Å². The molecule has 5 heteroatoms. The first-order valence-corrected chi connectivity index (χ1v) is 8.00. The summed E-state index contributed by atoms with van der Waals surface area (Å²) in [5.74, 6) is 0.753. The lowest BCUT2D eigenvalue weighted by Crippen LogP contribution is -2.39. The van der Waals surface area contributed by atoms with Crippen LogP contribution >= 0.6 is 11.6 Å². The Morgan fingerprint density at radius 2 is 2.18 bits per heavy atom. The lowest BCUT2D eigenvalue weighted by Gasteiger charge is -2.26. The van der Waals surface area contributed by atoms with Gasteiger partial charge >= 0.3 is 0 Å². The van der Waals surface area contributed by atoms with Gasteiger partial charge in [-0.2, -0.15) is 0 Å². The fourth-order valence-corrected chi connectivity index (χ4v) is 3.50. The van der Waals surface area contributed by atoms with Gasteiger partial charge in [0.2, 0.25) is 5.91 Å². The number of nitrogens with zero attached hydrogens (tertiary/aromatic N) is 1. The molecule has 2 aromatic rings. The van der Waals surface area contributed by atoms with E-state index in [1.165, 1.54) is 0 Å². The number of alkyl halides is 1. The zero-order valence-electron chi connectivity index (χ0n) is 13.3. The number of phenols is 1. The van der Waals surface area contributed by atoms with Crippen molar-refractivity contribution in [2.75, 3.05) is 17.3 Å². The van der Waals surface area contributed by atoms with Gasteiger partial charge in [-0.3, -0.25) is 4.79 Å². The Morgan fingerprint density at radius 3 is 2.77 bits per heavy atom. The molecule has 1 unspecified atom stereocenters. The van der Waals surface area contributed by atoms with Gasteiger partial charge in [0.25, 0.3) is 0 Å². The van der Waals surface area contributed by atoms with Crippen LogP contribution in [0.1, 0.15) is 37.8 Å². The largest absolute Gasteiger partial charge is 0.506 e. The summed E-state index contributed by atoms with van der Waals surface area (Å²) in [6.45, 7) is 8.28. The van der Waals surface area contributed by atoms with E-state index in [0.29, 0.717) is 12.4 Å². The highest BCUT2D eigenvalue weighted by atomic mass is 35.5. The maximum absolute atomic E-state index is 12.8. The van der Waals surface area contributed by atoms with E-state index in [4.69, 9.17) is 11.6 Å². The molecule has 0 bridgehead atoms. The fraction of sp³-hybridized carbons (Fsp3) is 0.471. The standard InChI is InChI=1S/C17H21ClN2O2/c1-9-7-19-15-12(21)5-11-14(13(9)15)10(6-18)8-20(11)16(22)17(2,3)4/h5,7,10,19,21H,6,8H2,1-4H3. The summed E-state index contributed by atoms with van der Waals surface area (Å²) in [5.41, 5.74) is 3.16. The van der Waals surface area contributed by atoms with Gasteiger partial charge in [0.1, 0.15) is 5.75 Å². The molecule has 2 N–H and O–H groups in total. The third-order valence-electron chi connectivity index (χ3n) is 4.33. The first-order chi connectivity index (χ1) is 10.3. The molecule has 1 aliphatic rings. The molecule has 0 aliphatic carbocycles. The first kappa shape index (κ1) is 15.2. The van der Waals surface area contributed by atoms with Gasteiger partial charge in [0.05, 0.1) is 11.2 Å². The van der Waals surface area contributed by atoms with Crippen LogP contribution in [-0.2, 0) is 4.79 Å². The van der Waals surface area contributed by atoms with E-state index in [2.05, 4.69) is 4.98 Å². The minimum Gasteiger partial charge on any atom is -0.506 e. The van der Waals surface area contributed by atoms with E-state index in [9.17, 15) is 9.90 Å². The number of nitrogens with one attached hydrogen (secondary N) is 1. The zero-order valence-corrected chi connectivity index (χ0v) is 14.1. The number of hydrogen-bond acceptors (Lipinski definition) is 2. The number of phenolic OH excluding ortho intramolecular Hbond substituents is 1. The lowest BCUT2D eigenvalue weighted by molar-refractivity contribution is -0.125. The zero-order chi connectivity index (χ0) is 16.2. The summed E-state index contributed by atoms with van der Waals surface area (Å²) in [5, 5.41) is 11.3. The molecule has 1 atom stereocenters. The Kier molecular flexibility index (Phi) is 3.40. The maximum Gasteiger partial charge on any atom is 0.232 e. The second-order valence-electron chi connectivity index (χ2n) is 7.07. The molecule has 0 radical (unpaired) electrons. The predicted molar refractivity (Wildman–Crippen MR) is 90.0 cm³/mol. The summed E-state index contributed by atoms with van der Waals surface area (Å²) >= 11 is 6.17. The number of carbonyl (C=O) groups is 1. The predicted octanol–water partition coefficient (Wildman–Crippen LogP) is 3.90. The minimum absolute atomic E-state index is 0.0494. The van der Waals surface area contributed by atoms with Crippen molar-refractivity contribution >= 4 is 34.1 Å². The number of carbonyl (C=O) groups excluding carboxylic acids is 1. The summed E-state index contributed by atoms with van der Waals surface area (Å²) in [6, 6.07) is 1.68. The molecule has 118 valence electrons. The molecule has 0 spiro atoms. The number of halogens is 1. The minimum atomic E-state index is -0.476. The topological polar surface area (TPSA) is 56.3 Å². The van der Waals surface area contributed by atoms with Crippen molar-refractivity contribution in [3.8, 4) is 5.75 Å². The van der Waals surface area contributed by atoms with Gasteiger partial charge in [-0.05, 0) is 18.1 Å². The van der Waals surface area contributed by atoms with Crippen LogP contribution in [-0.4, -0.2) is 28.4 Å². The monoisotopic (exact) mass is 320 g/mol.